The molecule has 0 spiro atoms. The first-order chi connectivity index (χ1) is 8.77. The fourth-order valence-electron chi connectivity index (χ4n) is 2.20. The van der Waals surface area contributed by atoms with Crippen molar-refractivity contribution in [2.75, 3.05) is 6.54 Å². The van der Waals surface area contributed by atoms with Crippen molar-refractivity contribution in [2.24, 2.45) is 0 Å². The standard InChI is InChI=1S/C15H21NO2/c1-2-3-7-10-15(12-16-14(15)17)18-11-13-8-5-4-6-9-13/h4-6,8-9H,2-3,7,10-12H2,1H3,(H,16,17). The smallest absolute Gasteiger partial charge is 0.254 e. The molecule has 0 bridgehead atoms. The Hall–Kier alpha value is -1.35. The highest BCUT2D eigenvalue weighted by molar-refractivity contribution is 5.91. The lowest BCUT2D eigenvalue weighted by Crippen LogP contribution is -2.66. The fourth-order valence-corrected chi connectivity index (χ4v) is 2.20. The van der Waals surface area contributed by atoms with Crippen LogP contribution in [0, 0.1) is 0 Å². The number of rotatable bonds is 7. The van der Waals surface area contributed by atoms with Gasteiger partial charge < -0.3 is 10.1 Å². The molecule has 1 heterocycles. The Kier molecular flexibility index (Phi) is 4.37. The maximum Gasteiger partial charge on any atom is 0.254 e. The van der Waals surface area contributed by atoms with Gasteiger partial charge in [0.25, 0.3) is 5.91 Å². The second-order valence-electron chi connectivity index (χ2n) is 4.91. The first-order valence-electron chi connectivity index (χ1n) is 6.73. The molecule has 18 heavy (non-hydrogen) atoms. The molecule has 0 saturated carbocycles. The van der Waals surface area contributed by atoms with Crippen LogP contribution in [0.25, 0.3) is 0 Å². The highest BCUT2D eigenvalue weighted by Crippen LogP contribution is 2.27. The Morgan fingerprint density at radius 3 is 2.61 bits per heavy atom. The molecular weight excluding hydrogens is 226 g/mol. The van der Waals surface area contributed by atoms with Gasteiger partial charge in [0.05, 0.1) is 13.2 Å². The van der Waals surface area contributed by atoms with Crippen LogP contribution >= 0.6 is 0 Å². The number of benzene rings is 1. The second-order valence-corrected chi connectivity index (χ2v) is 4.91. The summed E-state index contributed by atoms with van der Waals surface area (Å²) in [7, 11) is 0. The van der Waals surface area contributed by atoms with Crippen molar-refractivity contribution in [2.45, 2.75) is 44.8 Å². The van der Waals surface area contributed by atoms with Gasteiger partial charge in [0.2, 0.25) is 0 Å². The van der Waals surface area contributed by atoms with Crippen LogP contribution in [0.2, 0.25) is 0 Å². The van der Waals surface area contributed by atoms with Crippen LogP contribution in [0.4, 0.5) is 0 Å². The molecule has 1 aliphatic heterocycles. The van der Waals surface area contributed by atoms with Crippen LogP contribution in [-0.2, 0) is 16.1 Å². The summed E-state index contributed by atoms with van der Waals surface area (Å²) in [5.74, 6) is 0.0505. The Labute approximate surface area is 109 Å². The number of carbonyl (C=O) groups excluding carboxylic acids is 1. The highest BCUT2D eigenvalue weighted by atomic mass is 16.5. The predicted molar refractivity (Wildman–Crippen MR) is 71.1 cm³/mol. The van der Waals surface area contributed by atoms with Gasteiger partial charge in [-0.25, -0.2) is 0 Å². The minimum absolute atomic E-state index is 0.0505. The van der Waals surface area contributed by atoms with Crippen molar-refractivity contribution in [3.05, 3.63) is 35.9 Å². The number of unbranched alkanes of at least 4 members (excludes halogenated alkanes) is 2. The van der Waals surface area contributed by atoms with E-state index < -0.39 is 5.60 Å². The van der Waals surface area contributed by atoms with Crippen LogP contribution < -0.4 is 5.32 Å². The number of ether oxygens (including phenoxy) is 1. The van der Waals surface area contributed by atoms with Gasteiger partial charge in [-0.05, 0) is 18.4 Å². The lowest BCUT2D eigenvalue weighted by atomic mass is 9.89. The van der Waals surface area contributed by atoms with E-state index >= 15 is 0 Å². The van der Waals surface area contributed by atoms with Crippen LogP contribution in [0.1, 0.15) is 38.2 Å². The molecule has 1 unspecified atom stereocenters. The summed E-state index contributed by atoms with van der Waals surface area (Å²) in [6, 6.07) is 10.0. The van der Waals surface area contributed by atoms with Gasteiger partial charge >= 0.3 is 0 Å². The van der Waals surface area contributed by atoms with E-state index in [0.717, 1.165) is 31.2 Å². The van der Waals surface area contributed by atoms with E-state index in [2.05, 4.69) is 12.2 Å². The Balaban J connectivity index is 1.89. The van der Waals surface area contributed by atoms with Crippen LogP contribution in [0.3, 0.4) is 0 Å². The predicted octanol–water partition coefficient (Wildman–Crippen LogP) is 2.65. The molecular formula is C15H21NO2. The molecule has 1 atom stereocenters. The van der Waals surface area contributed by atoms with Gasteiger partial charge in [-0.1, -0.05) is 50.1 Å². The Morgan fingerprint density at radius 2 is 2.06 bits per heavy atom. The van der Waals surface area contributed by atoms with Gasteiger partial charge in [-0.2, -0.15) is 0 Å². The van der Waals surface area contributed by atoms with Gasteiger partial charge in [0.1, 0.15) is 0 Å². The summed E-state index contributed by atoms with van der Waals surface area (Å²) in [6.45, 7) is 3.33. The third-order valence-corrected chi connectivity index (χ3v) is 3.49. The Morgan fingerprint density at radius 1 is 1.28 bits per heavy atom. The van der Waals surface area contributed by atoms with E-state index in [1.807, 2.05) is 30.3 Å². The molecule has 3 heteroatoms. The molecule has 98 valence electrons. The zero-order valence-electron chi connectivity index (χ0n) is 10.9. The summed E-state index contributed by atoms with van der Waals surface area (Å²) in [6.07, 6.45) is 4.21. The van der Waals surface area contributed by atoms with Gasteiger partial charge in [0, 0.05) is 0 Å². The SMILES string of the molecule is CCCCCC1(OCc2ccccc2)CNC1=O. The topological polar surface area (TPSA) is 38.3 Å². The van der Waals surface area contributed by atoms with Crippen molar-refractivity contribution in [3.8, 4) is 0 Å². The number of amides is 1. The maximum atomic E-state index is 11.7. The van der Waals surface area contributed by atoms with E-state index in [4.69, 9.17) is 4.74 Å². The van der Waals surface area contributed by atoms with E-state index in [1.54, 1.807) is 0 Å². The van der Waals surface area contributed by atoms with E-state index in [0.29, 0.717) is 13.2 Å². The summed E-state index contributed by atoms with van der Waals surface area (Å²) in [5, 5.41) is 2.80. The van der Waals surface area contributed by atoms with Crippen LogP contribution in [-0.4, -0.2) is 18.1 Å². The van der Waals surface area contributed by atoms with Gasteiger partial charge in [0.15, 0.2) is 5.60 Å². The normalized spacial score (nSPS) is 22.4. The molecule has 0 radical (unpaired) electrons. The molecule has 1 amide bonds. The van der Waals surface area contributed by atoms with Crippen molar-refractivity contribution in [1.29, 1.82) is 0 Å². The van der Waals surface area contributed by atoms with Crippen molar-refractivity contribution in [1.82, 2.24) is 5.32 Å². The molecule has 1 N–H and O–H groups in total. The van der Waals surface area contributed by atoms with Crippen LogP contribution in [0.15, 0.2) is 30.3 Å². The minimum atomic E-state index is -0.564. The number of hydrogen-bond acceptors (Lipinski definition) is 2. The summed E-state index contributed by atoms with van der Waals surface area (Å²) < 4.78 is 5.90. The monoisotopic (exact) mass is 247 g/mol. The van der Waals surface area contributed by atoms with Crippen LogP contribution in [0.5, 0.6) is 0 Å². The molecule has 1 aromatic rings. The zero-order chi connectivity index (χ0) is 12.8. The molecule has 2 rings (SSSR count). The molecule has 1 saturated heterocycles. The molecule has 1 aromatic carbocycles. The zero-order valence-corrected chi connectivity index (χ0v) is 10.9. The third kappa shape index (κ3) is 2.91. The number of β-lactam (4-membered cyclic amide) rings is 1. The second kappa shape index (κ2) is 6.01. The lowest BCUT2D eigenvalue weighted by molar-refractivity contribution is -0.165. The lowest BCUT2D eigenvalue weighted by Gasteiger charge is -2.40. The average Bonchev–Trinajstić information content (AvgIpc) is 2.42. The van der Waals surface area contributed by atoms with Crippen molar-refractivity contribution >= 4 is 5.91 Å². The first-order valence-corrected chi connectivity index (χ1v) is 6.73. The summed E-state index contributed by atoms with van der Waals surface area (Å²) >= 11 is 0. The number of carbonyl (C=O) groups is 1. The fraction of sp³-hybridized carbons (Fsp3) is 0.533. The average molecular weight is 247 g/mol. The summed E-state index contributed by atoms with van der Waals surface area (Å²) in [4.78, 5) is 11.7. The molecule has 3 nitrogen and oxygen atoms in total. The van der Waals surface area contributed by atoms with E-state index in [9.17, 15) is 4.79 Å². The van der Waals surface area contributed by atoms with Gasteiger partial charge in [-0.15, -0.1) is 0 Å². The molecule has 1 fully saturated rings. The number of nitrogens with one attached hydrogen (secondary N) is 1. The number of hydrogen-bond donors (Lipinski definition) is 1. The van der Waals surface area contributed by atoms with Crippen molar-refractivity contribution in [3.63, 3.8) is 0 Å². The minimum Gasteiger partial charge on any atom is -0.359 e. The quantitative estimate of drug-likeness (QED) is 0.594. The van der Waals surface area contributed by atoms with Gasteiger partial charge in [-0.3, -0.25) is 4.79 Å². The Bertz CT molecular complexity index is 391. The first kappa shape index (κ1) is 13.1. The summed E-state index contributed by atoms with van der Waals surface area (Å²) in [5.41, 5.74) is 0.553. The van der Waals surface area contributed by atoms with E-state index in [-0.39, 0.29) is 5.91 Å². The maximum absolute atomic E-state index is 11.7. The van der Waals surface area contributed by atoms with E-state index in [1.165, 1.54) is 0 Å². The van der Waals surface area contributed by atoms with Crippen molar-refractivity contribution < 1.29 is 9.53 Å². The molecule has 1 aliphatic rings. The third-order valence-electron chi connectivity index (χ3n) is 3.49. The molecule has 0 aliphatic carbocycles. The molecule has 0 aromatic heterocycles. The largest absolute Gasteiger partial charge is 0.359 e. The highest BCUT2D eigenvalue weighted by Gasteiger charge is 2.46.